The van der Waals surface area contributed by atoms with E-state index in [1.165, 1.54) is 0 Å². The van der Waals surface area contributed by atoms with Crippen molar-refractivity contribution in [2.45, 2.75) is 32.5 Å². The number of carbonyl (C=O) groups excluding carboxylic acids is 1. The van der Waals surface area contributed by atoms with E-state index in [4.69, 9.17) is 5.10 Å². The van der Waals surface area contributed by atoms with Crippen LogP contribution in [0.3, 0.4) is 0 Å². The standard InChI is InChI=1S/C31H29N5O/c1-2-27-26-22-35(31(37)32-21-23-13-6-3-7-14-23)29(24-15-8-4-9-16-24)28-19-12-20-34(28)30(26)36(33-27)25-17-10-5-11-18-25/h3-20,29H,2,21-22H2,1H3,(H,32,37)/t29-/m1/s1. The van der Waals surface area contributed by atoms with Crippen LogP contribution in [-0.4, -0.2) is 25.3 Å². The van der Waals surface area contributed by atoms with Gasteiger partial charge in [-0.05, 0) is 41.8 Å². The zero-order valence-electron chi connectivity index (χ0n) is 20.8. The summed E-state index contributed by atoms with van der Waals surface area (Å²) < 4.78 is 4.22. The molecule has 0 fully saturated rings. The molecule has 6 nitrogen and oxygen atoms in total. The first kappa shape index (κ1) is 22.9. The van der Waals surface area contributed by atoms with Gasteiger partial charge in [0, 0.05) is 18.3 Å². The van der Waals surface area contributed by atoms with Gasteiger partial charge in [-0.25, -0.2) is 9.48 Å². The third kappa shape index (κ3) is 4.20. The number of rotatable bonds is 5. The summed E-state index contributed by atoms with van der Waals surface area (Å²) in [6.45, 7) is 3.04. The Bertz CT molecular complexity index is 1510. The number of hydrogen-bond donors (Lipinski definition) is 1. The van der Waals surface area contributed by atoms with E-state index < -0.39 is 0 Å². The fraction of sp³-hybridized carbons (Fsp3) is 0.161. The maximum atomic E-state index is 13.9. The van der Waals surface area contributed by atoms with Crippen molar-refractivity contribution in [3.63, 3.8) is 0 Å². The molecule has 1 N–H and O–H groups in total. The summed E-state index contributed by atoms with van der Waals surface area (Å²) in [6.07, 6.45) is 2.85. The summed E-state index contributed by atoms with van der Waals surface area (Å²) >= 11 is 0. The average molecular weight is 488 g/mol. The molecule has 1 atom stereocenters. The molecule has 0 radical (unpaired) electrons. The Kier molecular flexibility index (Phi) is 6.06. The third-order valence-electron chi connectivity index (χ3n) is 6.97. The molecule has 37 heavy (non-hydrogen) atoms. The number of nitrogens with one attached hydrogen (secondary N) is 1. The Morgan fingerprint density at radius 1 is 0.892 bits per heavy atom. The molecule has 0 unspecified atom stereocenters. The number of aryl methyl sites for hydroxylation is 1. The molecule has 1 aliphatic rings. The Morgan fingerprint density at radius 3 is 2.27 bits per heavy atom. The largest absolute Gasteiger partial charge is 0.334 e. The summed E-state index contributed by atoms with van der Waals surface area (Å²) in [5.74, 6) is 0.988. The van der Waals surface area contributed by atoms with E-state index in [0.29, 0.717) is 13.1 Å². The van der Waals surface area contributed by atoms with Crippen molar-refractivity contribution in [3.8, 4) is 11.5 Å². The number of carbonyl (C=O) groups is 1. The van der Waals surface area contributed by atoms with Crippen LogP contribution in [0.1, 0.15) is 41.0 Å². The van der Waals surface area contributed by atoms with E-state index in [2.05, 4.69) is 53.3 Å². The minimum absolute atomic E-state index is 0.104. The molecule has 0 saturated carbocycles. The molecule has 5 aromatic rings. The molecule has 0 saturated heterocycles. The van der Waals surface area contributed by atoms with Crippen molar-refractivity contribution >= 4 is 6.03 Å². The van der Waals surface area contributed by atoms with Crippen molar-refractivity contribution < 1.29 is 4.79 Å². The average Bonchev–Trinajstić information content (AvgIpc) is 3.54. The number of amides is 2. The third-order valence-corrected chi connectivity index (χ3v) is 6.97. The SMILES string of the molecule is CCc1nn(-c2ccccc2)c2c1CN(C(=O)NCc1ccccc1)[C@H](c1ccccc1)c1cccn1-2. The maximum Gasteiger partial charge on any atom is 0.318 e. The highest BCUT2D eigenvalue weighted by atomic mass is 16.2. The Balaban J connectivity index is 1.50. The Hall–Kier alpha value is -4.58. The summed E-state index contributed by atoms with van der Waals surface area (Å²) in [5.41, 5.74) is 6.22. The van der Waals surface area contributed by atoms with E-state index in [9.17, 15) is 4.79 Å². The van der Waals surface area contributed by atoms with Crippen LogP contribution in [0.2, 0.25) is 0 Å². The molecule has 2 amide bonds. The van der Waals surface area contributed by atoms with Gasteiger partial charge in [-0.2, -0.15) is 5.10 Å². The van der Waals surface area contributed by atoms with Crippen molar-refractivity contribution in [1.82, 2.24) is 24.6 Å². The van der Waals surface area contributed by atoms with Crippen LogP contribution < -0.4 is 5.32 Å². The van der Waals surface area contributed by atoms with E-state index in [-0.39, 0.29) is 12.1 Å². The molecule has 2 aromatic heterocycles. The Labute approximate surface area is 216 Å². The number of hydrogen-bond acceptors (Lipinski definition) is 2. The molecular formula is C31H29N5O. The highest BCUT2D eigenvalue weighted by Gasteiger charge is 2.36. The van der Waals surface area contributed by atoms with Gasteiger partial charge in [-0.1, -0.05) is 85.8 Å². The summed E-state index contributed by atoms with van der Waals surface area (Å²) in [6, 6.07) is 34.3. The van der Waals surface area contributed by atoms with Gasteiger partial charge in [0.1, 0.15) is 5.82 Å². The van der Waals surface area contributed by atoms with E-state index in [1.807, 2.05) is 82.4 Å². The molecule has 3 aromatic carbocycles. The lowest BCUT2D eigenvalue weighted by Crippen LogP contribution is -2.41. The maximum absolute atomic E-state index is 13.9. The number of nitrogens with zero attached hydrogens (tertiary/aromatic N) is 4. The molecule has 184 valence electrons. The lowest BCUT2D eigenvalue weighted by molar-refractivity contribution is 0.180. The normalized spacial score (nSPS) is 14.5. The van der Waals surface area contributed by atoms with Crippen LogP contribution in [0.4, 0.5) is 4.79 Å². The molecule has 0 spiro atoms. The van der Waals surface area contributed by atoms with Gasteiger partial charge in [0.15, 0.2) is 0 Å². The lowest BCUT2D eigenvalue weighted by Gasteiger charge is -2.31. The summed E-state index contributed by atoms with van der Waals surface area (Å²) in [7, 11) is 0. The van der Waals surface area contributed by atoms with Crippen molar-refractivity contribution in [2.24, 2.45) is 0 Å². The topological polar surface area (TPSA) is 55.1 Å². The number of urea groups is 1. The van der Waals surface area contributed by atoms with E-state index >= 15 is 0 Å². The van der Waals surface area contributed by atoms with Gasteiger partial charge in [-0.3, -0.25) is 0 Å². The Morgan fingerprint density at radius 2 is 1.57 bits per heavy atom. The highest BCUT2D eigenvalue weighted by Crippen LogP contribution is 2.38. The van der Waals surface area contributed by atoms with Crippen LogP contribution in [0.25, 0.3) is 11.5 Å². The molecule has 1 aliphatic heterocycles. The van der Waals surface area contributed by atoms with Gasteiger partial charge in [0.2, 0.25) is 0 Å². The quantitative estimate of drug-likeness (QED) is 0.329. The molecule has 6 rings (SSSR count). The van der Waals surface area contributed by atoms with E-state index in [1.54, 1.807) is 0 Å². The summed E-state index contributed by atoms with van der Waals surface area (Å²) in [5, 5.41) is 8.20. The predicted molar refractivity (Wildman–Crippen MR) is 145 cm³/mol. The zero-order chi connectivity index (χ0) is 25.2. The van der Waals surface area contributed by atoms with Crippen LogP contribution in [0.5, 0.6) is 0 Å². The van der Waals surface area contributed by atoms with Crippen LogP contribution in [0, 0.1) is 0 Å². The number of para-hydroxylation sites is 1. The first-order chi connectivity index (χ1) is 18.2. The van der Waals surface area contributed by atoms with Crippen molar-refractivity contribution in [2.75, 3.05) is 0 Å². The van der Waals surface area contributed by atoms with Gasteiger partial charge in [0.05, 0.1) is 29.7 Å². The van der Waals surface area contributed by atoms with Gasteiger partial charge in [0.25, 0.3) is 0 Å². The zero-order valence-corrected chi connectivity index (χ0v) is 20.8. The second kappa shape index (κ2) is 9.82. The monoisotopic (exact) mass is 487 g/mol. The molecule has 0 aliphatic carbocycles. The first-order valence-electron chi connectivity index (χ1n) is 12.7. The first-order valence-corrected chi connectivity index (χ1v) is 12.7. The number of fused-ring (bicyclic) bond motifs is 3. The van der Waals surface area contributed by atoms with Gasteiger partial charge >= 0.3 is 6.03 Å². The second-order valence-corrected chi connectivity index (χ2v) is 9.24. The lowest BCUT2D eigenvalue weighted by atomic mass is 10.0. The van der Waals surface area contributed by atoms with Crippen LogP contribution >= 0.6 is 0 Å². The van der Waals surface area contributed by atoms with Crippen LogP contribution in [-0.2, 0) is 19.5 Å². The number of aromatic nitrogens is 3. The van der Waals surface area contributed by atoms with Gasteiger partial charge < -0.3 is 14.8 Å². The summed E-state index contributed by atoms with van der Waals surface area (Å²) in [4.78, 5) is 15.9. The fourth-order valence-electron chi connectivity index (χ4n) is 5.21. The molecule has 0 bridgehead atoms. The molecular weight excluding hydrogens is 458 g/mol. The highest BCUT2D eigenvalue weighted by molar-refractivity contribution is 5.76. The van der Waals surface area contributed by atoms with Gasteiger partial charge in [-0.15, -0.1) is 0 Å². The minimum atomic E-state index is -0.256. The second-order valence-electron chi connectivity index (χ2n) is 9.24. The molecule has 6 heteroatoms. The number of benzene rings is 3. The van der Waals surface area contributed by atoms with Crippen molar-refractivity contribution in [1.29, 1.82) is 0 Å². The predicted octanol–water partition coefficient (Wildman–Crippen LogP) is 6.04. The van der Waals surface area contributed by atoms with E-state index in [0.717, 1.165) is 46.0 Å². The smallest absolute Gasteiger partial charge is 0.318 e. The fourth-order valence-corrected chi connectivity index (χ4v) is 5.21. The minimum Gasteiger partial charge on any atom is -0.334 e. The molecule has 3 heterocycles. The van der Waals surface area contributed by atoms with Crippen molar-refractivity contribution in [3.05, 3.63) is 137 Å². The van der Waals surface area contributed by atoms with Crippen LogP contribution in [0.15, 0.2) is 109 Å².